The summed E-state index contributed by atoms with van der Waals surface area (Å²) in [6.07, 6.45) is 3.79. The number of hydrogen-bond acceptors (Lipinski definition) is 4. The van der Waals surface area contributed by atoms with Crippen molar-refractivity contribution in [3.63, 3.8) is 0 Å². The molecule has 0 saturated carbocycles. The fraction of sp³-hybridized carbons (Fsp3) is 0.667. The molecule has 0 aliphatic heterocycles. The van der Waals surface area contributed by atoms with Gasteiger partial charge in [-0.2, -0.15) is 0 Å². The van der Waals surface area contributed by atoms with Crippen molar-refractivity contribution in [3.8, 4) is 0 Å². The molecule has 4 heteroatoms. The second kappa shape index (κ2) is 5.37. The third-order valence-electron chi connectivity index (χ3n) is 2.04. The van der Waals surface area contributed by atoms with Crippen LogP contribution in [0.25, 0.3) is 0 Å². The molecular weight excluding hydrogens is 200 g/mol. The topological polar surface area (TPSA) is 41.1 Å². The van der Waals surface area contributed by atoms with Crippen molar-refractivity contribution in [3.05, 3.63) is 23.8 Å². The molecule has 90 valence electrons. The Morgan fingerprint density at radius 1 is 1.19 bits per heavy atom. The summed E-state index contributed by atoms with van der Waals surface area (Å²) in [5, 5.41) is 3.41. The van der Waals surface area contributed by atoms with Crippen molar-refractivity contribution in [1.29, 1.82) is 0 Å². The lowest BCUT2D eigenvalue weighted by atomic mass is 10.1. The highest BCUT2D eigenvalue weighted by Gasteiger charge is 2.08. The van der Waals surface area contributed by atoms with Crippen LogP contribution in [0.4, 0.5) is 0 Å². The van der Waals surface area contributed by atoms with E-state index in [9.17, 15) is 0 Å². The number of hydrogen-bond donors (Lipinski definition) is 1. The van der Waals surface area contributed by atoms with Crippen LogP contribution in [0.2, 0.25) is 0 Å². The SMILES string of the molecule is CN(C)Cc1ncc(CNC(C)(C)C)cn1. The zero-order valence-electron chi connectivity index (χ0n) is 10.9. The predicted molar refractivity (Wildman–Crippen MR) is 66.0 cm³/mol. The van der Waals surface area contributed by atoms with E-state index in [0.29, 0.717) is 0 Å². The molecule has 1 aromatic rings. The second-order valence-corrected chi connectivity index (χ2v) is 5.35. The maximum Gasteiger partial charge on any atom is 0.142 e. The molecule has 16 heavy (non-hydrogen) atoms. The quantitative estimate of drug-likeness (QED) is 0.836. The number of rotatable bonds is 4. The van der Waals surface area contributed by atoms with Crippen LogP contribution in [0.1, 0.15) is 32.2 Å². The third kappa shape index (κ3) is 5.19. The highest BCUT2D eigenvalue weighted by atomic mass is 15.1. The molecule has 1 heterocycles. The Bertz CT molecular complexity index is 311. The summed E-state index contributed by atoms with van der Waals surface area (Å²) in [5.74, 6) is 0.865. The maximum absolute atomic E-state index is 4.33. The van der Waals surface area contributed by atoms with E-state index in [-0.39, 0.29) is 5.54 Å². The minimum Gasteiger partial charge on any atom is -0.308 e. The fourth-order valence-corrected chi connectivity index (χ4v) is 1.20. The number of nitrogens with one attached hydrogen (secondary N) is 1. The van der Waals surface area contributed by atoms with E-state index in [1.807, 2.05) is 26.5 Å². The molecule has 0 saturated heterocycles. The summed E-state index contributed by atoms with van der Waals surface area (Å²) in [6, 6.07) is 0. The predicted octanol–water partition coefficient (Wildman–Crippen LogP) is 1.43. The molecule has 0 atom stereocenters. The highest BCUT2D eigenvalue weighted by molar-refractivity contribution is 5.05. The van der Waals surface area contributed by atoms with E-state index in [0.717, 1.165) is 24.5 Å². The van der Waals surface area contributed by atoms with Gasteiger partial charge in [-0.3, -0.25) is 0 Å². The van der Waals surface area contributed by atoms with Crippen molar-refractivity contribution in [2.45, 2.75) is 39.4 Å². The van der Waals surface area contributed by atoms with Crippen molar-refractivity contribution >= 4 is 0 Å². The summed E-state index contributed by atoms with van der Waals surface area (Å²) in [5.41, 5.74) is 1.25. The van der Waals surface area contributed by atoms with Crippen LogP contribution in [0.5, 0.6) is 0 Å². The molecule has 0 amide bonds. The Morgan fingerprint density at radius 3 is 2.19 bits per heavy atom. The van der Waals surface area contributed by atoms with Crippen LogP contribution in [-0.4, -0.2) is 34.5 Å². The first-order valence-electron chi connectivity index (χ1n) is 5.56. The summed E-state index contributed by atoms with van der Waals surface area (Å²) >= 11 is 0. The second-order valence-electron chi connectivity index (χ2n) is 5.35. The molecule has 0 aliphatic carbocycles. The summed E-state index contributed by atoms with van der Waals surface area (Å²) in [6.45, 7) is 8.04. The smallest absolute Gasteiger partial charge is 0.142 e. The highest BCUT2D eigenvalue weighted by Crippen LogP contribution is 2.03. The van der Waals surface area contributed by atoms with Gasteiger partial charge in [0.1, 0.15) is 5.82 Å². The summed E-state index contributed by atoms with van der Waals surface area (Å²) < 4.78 is 0. The standard InChI is InChI=1S/C12H22N4/c1-12(2,3)15-8-10-6-13-11(14-7-10)9-16(4)5/h6-7,15H,8-9H2,1-5H3. The first kappa shape index (κ1) is 13.1. The fourth-order valence-electron chi connectivity index (χ4n) is 1.20. The zero-order chi connectivity index (χ0) is 12.2. The van der Waals surface area contributed by atoms with Gasteiger partial charge in [-0.05, 0) is 34.9 Å². The van der Waals surface area contributed by atoms with Crippen LogP contribution in [0.15, 0.2) is 12.4 Å². The van der Waals surface area contributed by atoms with Crippen molar-refractivity contribution < 1.29 is 0 Å². The summed E-state index contributed by atoms with van der Waals surface area (Å²) in [7, 11) is 4.02. The average Bonchev–Trinajstić information content (AvgIpc) is 2.14. The maximum atomic E-state index is 4.33. The molecule has 4 nitrogen and oxygen atoms in total. The van der Waals surface area contributed by atoms with E-state index < -0.39 is 0 Å². The van der Waals surface area contributed by atoms with Gasteiger partial charge < -0.3 is 10.2 Å². The first-order valence-corrected chi connectivity index (χ1v) is 5.56. The van der Waals surface area contributed by atoms with Crippen LogP contribution >= 0.6 is 0 Å². The largest absolute Gasteiger partial charge is 0.308 e. The Hall–Kier alpha value is -1.00. The first-order chi connectivity index (χ1) is 7.37. The number of nitrogens with zero attached hydrogens (tertiary/aromatic N) is 3. The molecule has 0 bridgehead atoms. The lowest BCUT2D eigenvalue weighted by molar-refractivity contribution is 0.389. The van der Waals surface area contributed by atoms with Crippen LogP contribution in [0, 0.1) is 0 Å². The van der Waals surface area contributed by atoms with Gasteiger partial charge in [0.2, 0.25) is 0 Å². The minimum absolute atomic E-state index is 0.127. The number of aromatic nitrogens is 2. The van der Waals surface area contributed by atoms with E-state index in [2.05, 4.69) is 41.0 Å². The van der Waals surface area contributed by atoms with Gasteiger partial charge >= 0.3 is 0 Å². The van der Waals surface area contributed by atoms with Gasteiger partial charge in [0.25, 0.3) is 0 Å². The molecule has 1 aromatic heterocycles. The van der Waals surface area contributed by atoms with Crippen LogP contribution in [-0.2, 0) is 13.1 Å². The minimum atomic E-state index is 0.127. The van der Waals surface area contributed by atoms with Gasteiger partial charge in [0.15, 0.2) is 0 Å². The lowest BCUT2D eigenvalue weighted by Crippen LogP contribution is -2.35. The molecule has 0 spiro atoms. The van der Waals surface area contributed by atoms with E-state index in [1.165, 1.54) is 0 Å². The molecule has 1 rings (SSSR count). The normalized spacial score (nSPS) is 12.1. The Morgan fingerprint density at radius 2 is 1.75 bits per heavy atom. The van der Waals surface area contributed by atoms with E-state index in [1.54, 1.807) is 0 Å². The molecule has 0 aromatic carbocycles. The van der Waals surface area contributed by atoms with Gasteiger partial charge in [0, 0.05) is 30.0 Å². The molecule has 0 unspecified atom stereocenters. The Labute approximate surface area is 98.1 Å². The van der Waals surface area contributed by atoms with Gasteiger partial charge in [-0.25, -0.2) is 9.97 Å². The molecule has 1 N–H and O–H groups in total. The Balaban J connectivity index is 2.51. The zero-order valence-corrected chi connectivity index (χ0v) is 10.9. The van der Waals surface area contributed by atoms with Crippen molar-refractivity contribution in [2.24, 2.45) is 0 Å². The van der Waals surface area contributed by atoms with E-state index in [4.69, 9.17) is 0 Å². The van der Waals surface area contributed by atoms with Crippen molar-refractivity contribution in [1.82, 2.24) is 20.2 Å². The molecule has 0 aliphatic rings. The third-order valence-corrected chi connectivity index (χ3v) is 2.04. The van der Waals surface area contributed by atoms with Gasteiger partial charge in [0.05, 0.1) is 6.54 Å². The van der Waals surface area contributed by atoms with Gasteiger partial charge in [-0.1, -0.05) is 0 Å². The lowest BCUT2D eigenvalue weighted by Gasteiger charge is -2.20. The Kier molecular flexibility index (Phi) is 4.38. The molecule has 0 fully saturated rings. The summed E-state index contributed by atoms with van der Waals surface area (Å²) in [4.78, 5) is 10.7. The van der Waals surface area contributed by atoms with Gasteiger partial charge in [-0.15, -0.1) is 0 Å². The monoisotopic (exact) mass is 222 g/mol. The van der Waals surface area contributed by atoms with Crippen molar-refractivity contribution in [2.75, 3.05) is 14.1 Å². The van der Waals surface area contributed by atoms with Crippen LogP contribution in [0.3, 0.4) is 0 Å². The molecule has 0 radical (unpaired) electrons. The average molecular weight is 222 g/mol. The van der Waals surface area contributed by atoms with E-state index >= 15 is 0 Å². The van der Waals surface area contributed by atoms with Crippen LogP contribution < -0.4 is 5.32 Å². The molecular formula is C12H22N4.